The molecule has 0 fully saturated rings. The van der Waals surface area contributed by atoms with Crippen molar-refractivity contribution in [1.29, 1.82) is 0 Å². The van der Waals surface area contributed by atoms with E-state index < -0.39 is 32.5 Å². The van der Waals surface area contributed by atoms with Crippen LogP contribution in [0.15, 0.2) is 24.3 Å². The average Bonchev–Trinajstić information content (AvgIpc) is 3.17. The molecule has 0 rings (SSSR count). The fraction of sp³-hybridized carbons (Fsp3) is 0.872. The van der Waals surface area contributed by atoms with Gasteiger partial charge in [-0.15, -0.1) is 0 Å². The molecule has 0 spiro atoms. The molecule has 0 saturated heterocycles. The standard InChI is InChI=1S/C47H89O8P/c1-3-5-7-9-11-13-15-17-19-21-23-25-27-29-31-33-35-37-39-41-46(48)53-43-45(44-54-56(50,51)52)55-47(49)42-40-38-36-34-32-30-28-26-24-22-20-18-16-14-12-10-8-6-4-2/h17-20,45H,3-16,21-44H2,1-2H3,(H2,50,51,52)/t45-/m1/s1. The molecule has 0 aromatic heterocycles. The van der Waals surface area contributed by atoms with Crippen LogP contribution in [0.2, 0.25) is 0 Å². The first-order valence-electron chi connectivity index (χ1n) is 23.6. The number of allylic oxidation sites excluding steroid dienone is 4. The largest absolute Gasteiger partial charge is 0.469 e. The number of hydrogen-bond donors (Lipinski definition) is 2. The van der Waals surface area contributed by atoms with Gasteiger partial charge in [0.15, 0.2) is 6.10 Å². The first-order valence-corrected chi connectivity index (χ1v) is 25.2. The predicted molar refractivity (Wildman–Crippen MR) is 235 cm³/mol. The maximum Gasteiger partial charge on any atom is 0.469 e. The van der Waals surface area contributed by atoms with Crippen LogP contribution in [0.5, 0.6) is 0 Å². The number of hydrogen-bond acceptors (Lipinski definition) is 6. The summed E-state index contributed by atoms with van der Waals surface area (Å²) in [5, 5.41) is 0. The Bertz CT molecular complexity index is 962. The molecule has 0 heterocycles. The minimum Gasteiger partial charge on any atom is -0.462 e. The van der Waals surface area contributed by atoms with Crippen molar-refractivity contribution in [3.05, 3.63) is 24.3 Å². The highest BCUT2D eigenvalue weighted by Gasteiger charge is 2.23. The van der Waals surface area contributed by atoms with Crippen molar-refractivity contribution in [3.8, 4) is 0 Å². The Morgan fingerprint density at radius 3 is 1.09 bits per heavy atom. The Morgan fingerprint density at radius 2 is 0.750 bits per heavy atom. The van der Waals surface area contributed by atoms with E-state index in [4.69, 9.17) is 19.3 Å². The highest BCUT2D eigenvalue weighted by Crippen LogP contribution is 2.36. The molecule has 9 heteroatoms. The minimum atomic E-state index is -4.76. The van der Waals surface area contributed by atoms with Crippen molar-refractivity contribution in [1.82, 2.24) is 0 Å². The molecule has 2 N–H and O–H groups in total. The van der Waals surface area contributed by atoms with Crippen LogP contribution < -0.4 is 0 Å². The summed E-state index contributed by atoms with van der Waals surface area (Å²) < 4.78 is 26.5. The van der Waals surface area contributed by atoms with Gasteiger partial charge in [0.25, 0.3) is 0 Å². The Balaban J connectivity index is 3.84. The molecule has 0 aliphatic heterocycles. The van der Waals surface area contributed by atoms with Gasteiger partial charge in [-0.2, -0.15) is 0 Å². The molecule has 0 radical (unpaired) electrons. The van der Waals surface area contributed by atoms with E-state index in [1.807, 2.05) is 0 Å². The van der Waals surface area contributed by atoms with Crippen molar-refractivity contribution in [2.75, 3.05) is 13.2 Å². The fourth-order valence-electron chi connectivity index (χ4n) is 6.89. The fourth-order valence-corrected chi connectivity index (χ4v) is 7.25. The molecule has 0 bridgehead atoms. The first kappa shape index (κ1) is 54.5. The normalized spacial score (nSPS) is 12.6. The lowest BCUT2D eigenvalue weighted by molar-refractivity contribution is -0.161. The van der Waals surface area contributed by atoms with Gasteiger partial charge in [-0.3, -0.25) is 14.1 Å². The van der Waals surface area contributed by atoms with Crippen LogP contribution in [0.1, 0.15) is 245 Å². The molecular formula is C47H89O8P. The molecule has 56 heavy (non-hydrogen) atoms. The SMILES string of the molecule is CCCCCCCCC=CCCCCCCCCCCCC(=O)OC[C@H](COP(=O)(O)O)OC(=O)CCCCCCCCCCCC=CCCCCCCCC. The molecule has 0 aromatic rings. The van der Waals surface area contributed by atoms with E-state index in [9.17, 15) is 14.2 Å². The number of phosphoric ester groups is 1. The van der Waals surface area contributed by atoms with Crippen molar-refractivity contribution >= 4 is 19.8 Å². The summed E-state index contributed by atoms with van der Waals surface area (Å²) in [6.45, 7) is 3.71. The Labute approximate surface area is 345 Å². The van der Waals surface area contributed by atoms with Gasteiger partial charge in [0.1, 0.15) is 6.61 Å². The van der Waals surface area contributed by atoms with Gasteiger partial charge in [0.2, 0.25) is 0 Å². The van der Waals surface area contributed by atoms with E-state index in [0.29, 0.717) is 6.42 Å². The maximum atomic E-state index is 12.4. The number of phosphoric acid groups is 1. The van der Waals surface area contributed by atoms with Gasteiger partial charge in [-0.1, -0.05) is 192 Å². The predicted octanol–water partition coefficient (Wildman–Crippen LogP) is 14.7. The highest BCUT2D eigenvalue weighted by atomic mass is 31.2. The van der Waals surface area contributed by atoms with Crippen molar-refractivity contribution < 1.29 is 37.9 Å². The molecular weight excluding hydrogens is 723 g/mol. The Morgan fingerprint density at radius 1 is 0.446 bits per heavy atom. The summed E-state index contributed by atoms with van der Waals surface area (Å²) in [5.74, 6) is -0.879. The summed E-state index contributed by atoms with van der Waals surface area (Å²) >= 11 is 0. The van der Waals surface area contributed by atoms with Crippen LogP contribution in [0, 0.1) is 0 Å². The monoisotopic (exact) mass is 813 g/mol. The third-order valence-corrected chi connectivity index (χ3v) is 10.9. The quantitative estimate of drug-likeness (QED) is 0.0270. The van der Waals surface area contributed by atoms with Gasteiger partial charge in [-0.05, 0) is 64.2 Å². The van der Waals surface area contributed by atoms with E-state index >= 15 is 0 Å². The van der Waals surface area contributed by atoms with Crippen LogP contribution in [0.25, 0.3) is 0 Å². The van der Waals surface area contributed by atoms with Crippen LogP contribution in [0.4, 0.5) is 0 Å². The van der Waals surface area contributed by atoms with Crippen molar-refractivity contribution in [3.63, 3.8) is 0 Å². The van der Waals surface area contributed by atoms with E-state index in [-0.39, 0.29) is 19.4 Å². The third-order valence-electron chi connectivity index (χ3n) is 10.4. The number of unbranched alkanes of at least 4 members (excludes halogenated alkanes) is 30. The number of rotatable bonds is 44. The van der Waals surface area contributed by atoms with Gasteiger partial charge >= 0.3 is 19.8 Å². The molecule has 0 saturated carbocycles. The lowest BCUT2D eigenvalue weighted by Crippen LogP contribution is -2.29. The Kier molecular flexibility index (Phi) is 42.0. The number of carbonyl (C=O) groups is 2. The second kappa shape index (κ2) is 43.1. The van der Waals surface area contributed by atoms with E-state index in [1.165, 1.54) is 173 Å². The maximum absolute atomic E-state index is 12.4. The van der Waals surface area contributed by atoms with Crippen LogP contribution in [-0.4, -0.2) is 41.0 Å². The van der Waals surface area contributed by atoms with Gasteiger partial charge in [0, 0.05) is 12.8 Å². The second-order valence-corrected chi connectivity index (χ2v) is 17.3. The van der Waals surface area contributed by atoms with Crippen molar-refractivity contribution in [2.24, 2.45) is 0 Å². The summed E-state index contributed by atoms with van der Waals surface area (Å²) in [7, 11) is -4.76. The van der Waals surface area contributed by atoms with Gasteiger partial charge < -0.3 is 19.3 Å². The summed E-state index contributed by atoms with van der Waals surface area (Å²) in [6.07, 6.45) is 50.4. The van der Waals surface area contributed by atoms with Crippen molar-refractivity contribution in [2.45, 2.75) is 251 Å². The third kappa shape index (κ3) is 45.2. The number of ether oxygens (including phenoxy) is 2. The van der Waals surface area contributed by atoms with Gasteiger partial charge in [-0.25, -0.2) is 4.57 Å². The van der Waals surface area contributed by atoms with Gasteiger partial charge in [0.05, 0.1) is 6.61 Å². The molecule has 1 atom stereocenters. The first-order chi connectivity index (χ1) is 27.3. The lowest BCUT2D eigenvalue weighted by Gasteiger charge is -2.18. The minimum absolute atomic E-state index is 0.212. The molecule has 8 nitrogen and oxygen atoms in total. The highest BCUT2D eigenvalue weighted by molar-refractivity contribution is 7.46. The lowest BCUT2D eigenvalue weighted by atomic mass is 10.1. The number of carbonyl (C=O) groups excluding carboxylic acids is 2. The number of esters is 2. The van der Waals surface area contributed by atoms with E-state index in [1.54, 1.807) is 0 Å². The molecule has 0 aromatic carbocycles. The zero-order valence-corrected chi connectivity index (χ0v) is 37.4. The molecule has 0 amide bonds. The topological polar surface area (TPSA) is 119 Å². The molecule has 330 valence electrons. The second-order valence-electron chi connectivity index (χ2n) is 16.1. The van der Waals surface area contributed by atoms with Crippen LogP contribution in [0.3, 0.4) is 0 Å². The molecule has 0 unspecified atom stereocenters. The zero-order valence-electron chi connectivity index (χ0n) is 36.5. The van der Waals surface area contributed by atoms with E-state index in [0.717, 1.165) is 38.5 Å². The van der Waals surface area contributed by atoms with Crippen LogP contribution >= 0.6 is 7.82 Å². The average molecular weight is 813 g/mol. The summed E-state index contributed by atoms with van der Waals surface area (Å²) in [4.78, 5) is 43.0. The zero-order chi connectivity index (χ0) is 41.1. The van der Waals surface area contributed by atoms with Crippen LogP contribution in [-0.2, 0) is 28.2 Å². The molecule has 0 aliphatic carbocycles. The summed E-state index contributed by atoms with van der Waals surface area (Å²) in [6, 6.07) is 0. The summed E-state index contributed by atoms with van der Waals surface area (Å²) in [5.41, 5.74) is 0. The molecule has 0 aliphatic rings. The smallest absolute Gasteiger partial charge is 0.462 e. The Hall–Kier alpha value is -1.47. The van der Waals surface area contributed by atoms with E-state index in [2.05, 4.69) is 42.7 Å².